The Morgan fingerprint density at radius 1 is 1.19 bits per heavy atom. The Balaban J connectivity index is 1.48. The zero-order valence-electron chi connectivity index (χ0n) is 22.6. The van der Waals surface area contributed by atoms with Gasteiger partial charge >= 0.3 is 5.97 Å². The van der Waals surface area contributed by atoms with Crippen LogP contribution in [0.4, 0.5) is 0 Å². The number of ketones is 1. The number of esters is 1. The van der Waals surface area contributed by atoms with Crippen LogP contribution < -0.4 is 0 Å². The highest BCUT2D eigenvalue weighted by atomic mass is 32.1. The molecule has 2 saturated carbocycles. The lowest BCUT2D eigenvalue weighted by molar-refractivity contribution is -0.136. The molecular weight excluding hydrogens is 486 g/mol. The standard InChI is InChI=1S/C30H41NO5S/c1-21-4-7-23(8-5-21)26(32)9-6-22(19-27(33)31-14-16-36-17-15-31)18-24-20-25(10-11-30(2)12-13-30)37-28(24)29(34)35-3/h20-23H,4-9,12-19H2,1-3H3. The Bertz CT molecular complexity index is 1030. The molecule has 1 saturated heterocycles. The summed E-state index contributed by atoms with van der Waals surface area (Å²) in [6.45, 7) is 6.76. The van der Waals surface area contributed by atoms with Gasteiger partial charge < -0.3 is 14.4 Å². The summed E-state index contributed by atoms with van der Waals surface area (Å²) in [5.74, 6) is 7.52. The summed E-state index contributed by atoms with van der Waals surface area (Å²) in [5.41, 5.74) is 0.973. The van der Waals surface area contributed by atoms with E-state index in [1.165, 1.54) is 18.4 Å². The van der Waals surface area contributed by atoms with Crippen molar-refractivity contribution in [3.63, 3.8) is 0 Å². The molecule has 1 aromatic heterocycles. The lowest BCUT2D eigenvalue weighted by Crippen LogP contribution is -2.41. The Hall–Kier alpha value is -2.17. The minimum atomic E-state index is -0.364. The Kier molecular flexibility index (Phi) is 9.47. The second-order valence-electron chi connectivity index (χ2n) is 11.5. The van der Waals surface area contributed by atoms with Crippen molar-refractivity contribution in [1.82, 2.24) is 4.90 Å². The average Bonchev–Trinajstić information content (AvgIpc) is 3.51. The van der Waals surface area contributed by atoms with E-state index in [-0.39, 0.29) is 29.1 Å². The predicted octanol–water partition coefficient (Wildman–Crippen LogP) is 5.27. The van der Waals surface area contributed by atoms with Crippen molar-refractivity contribution < 1.29 is 23.9 Å². The number of carbonyl (C=O) groups is 3. The maximum atomic E-state index is 13.2. The predicted molar refractivity (Wildman–Crippen MR) is 144 cm³/mol. The van der Waals surface area contributed by atoms with Crippen LogP contribution >= 0.6 is 11.3 Å². The van der Waals surface area contributed by atoms with Crippen molar-refractivity contribution in [2.24, 2.45) is 23.2 Å². The monoisotopic (exact) mass is 527 g/mol. The lowest BCUT2D eigenvalue weighted by Gasteiger charge is -2.29. The van der Waals surface area contributed by atoms with Crippen molar-refractivity contribution in [1.29, 1.82) is 0 Å². The van der Waals surface area contributed by atoms with Gasteiger partial charge in [0, 0.05) is 37.3 Å². The molecule has 7 heteroatoms. The highest BCUT2D eigenvalue weighted by Crippen LogP contribution is 2.44. The van der Waals surface area contributed by atoms with Gasteiger partial charge in [-0.15, -0.1) is 11.3 Å². The molecule has 4 rings (SSSR count). The summed E-state index contributed by atoms with van der Waals surface area (Å²) >= 11 is 1.37. The fourth-order valence-electron chi connectivity index (χ4n) is 5.34. The average molecular weight is 528 g/mol. The second-order valence-corrected chi connectivity index (χ2v) is 12.5. The highest BCUT2D eigenvalue weighted by molar-refractivity contribution is 7.14. The largest absolute Gasteiger partial charge is 0.465 e. The second kappa shape index (κ2) is 12.6. The van der Waals surface area contributed by atoms with Crippen molar-refractivity contribution in [2.75, 3.05) is 33.4 Å². The molecular formula is C30H41NO5S. The summed E-state index contributed by atoms with van der Waals surface area (Å²) in [5, 5.41) is 0. The number of hydrogen-bond acceptors (Lipinski definition) is 6. The van der Waals surface area contributed by atoms with E-state index in [2.05, 4.69) is 25.7 Å². The number of nitrogens with zero attached hydrogens (tertiary/aromatic N) is 1. The zero-order valence-corrected chi connectivity index (χ0v) is 23.4. The molecule has 37 heavy (non-hydrogen) atoms. The number of thiophene rings is 1. The smallest absolute Gasteiger partial charge is 0.348 e. The van der Waals surface area contributed by atoms with Gasteiger partial charge in [-0.1, -0.05) is 31.6 Å². The van der Waals surface area contributed by atoms with Crippen molar-refractivity contribution in [2.45, 2.75) is 78.1 Å². The van der Waals surface area contributed by atoms with Crippen LogP contribution in [0.1, 0.15) is 91.7 Å². The summed E-state index contributed by atoms with van der Waals surface area (Å²) in [6, 6.07) is 1.99. The van der Waals surface area contributed by atoms with Crippen LogP contribution in [-0.4, -0.2) is 56.0 Å². The van der Waals surface area contributed by atoms with E-state index in [0.717, 1.165) is 49.0 Å². The minimum absolute atomic E-state index is 0.0263. The molecule has 1 amide bonds. The van der Waals surface area contributed by atoms with Gasteiger partial charge in [0.05, 0.1) is 25.2 Å². The molecule has 1 aliphatic heterocycles. The molecule has 3 fully saturated rings. The third-order valence-corrected chi connectivity index (χ3v) is 9.35. The number of carbonyl (C=O) groups excluding carboxylic acids is 3. The number of rotatable bonds is 9. The number of methoxy groups -OCH3 is 1. The zero-order chi connectivity index (χ0) is 26.4. The van der Waals surface area contributed by atoms with E-state index in [1.54, 1.807) is 0 Å². The fourth-order valence-corrected chi connectivity index (χ4v) is 6.30. The van der Waals surface area contributed by atoms with Crippen LogP contribution in [0.25, 0.3) is 0 Å². The van der Waals surface area contributed by atoms with E-state index in [9.17, 15) is 14.4 Å². The van der Waals surface area contributed by atoms with Crippen molar-refractivity contribution in [3.05, 3.63) is 21.4 Å². The summed E-state index contributed by atoms with van der Waals surface area (Å²) in [4.78, 5) is 42.1. The molecule has 0 aromatic carbocycles. The van der Waals surface area contributed by atoms with Crippen LogP contribution in [0.5, 0.6) is 0 Å². The maximum Gasteiger partial charge on any atom is 0.348 e. The topological polar surface area (TPSA) is 72.9 Å². The molecule has 202 valence electrons. The van der Waals surface area contributed by atoms with Gasteiger partial charge in [0.1, 0.15) is 10.7 Å². The number of amides is 1. The minimum Gasteiger partial charge on any atom is -0.465 e. The van der Waals surface area contributed by atoms with E-state index < -0.39 is 0 Å². The molecule has 0 N–H and O–H groups in total. The third kappa shape index (κ3) is 7.91. The van der Waals surface area contributed by atoms with Crippen molar-refractivity contribution >= 4 is 29.0 Å². The number of Topliss-reactive ketones (excluding diaryl/α,β-unsaturated/α-hetero) is 1. The molecule has 2 aliphatic carbocycles. The Morgan fingerprint density at radius 2 is 1.89 bits per heavy atom. The molecule has 1 atom stereocenters. The lowest BCUT2D eigenvalue weighted by atomic mass is 9.79. The van der Waals surface area contributed by atoms with E-state index in [1.807, 2.05) is 11.0 Å². The number of hydrogen-bond donors (Lipinski definition) is 0. The summed E-state index contributed by atoms with van der Waals surface area (Å²) < 4.78 is 10.5. The first-order valence-electron chi connectivity index (χ1n) is 13.9. The Labute approximate surface area is 225 Å². The quantitative estimate of drug-likeness (QED) is 0.323. The van der Waals surface area contributed by atoms with Gasteiger partial charge in [0.25, 0.3) is 0 Å². The number of ether oxygens (including phenoxy) is 2. The molecule has 2 heterocycles. The van der Waals surface area contributed by atoms with Gasteiger partial charge in [-0.2, -0.15) is 0 Å². The van der Waals surface area contributed by atoms with E-state index in [4.69, 9.17) is 9.47 Å². The maximum absolute atomic E-state index is 13.2. The number of morpholine rings is 1. The molecule has 1 unspecified atom stereocenters. The molecule has 1 aromatic rings. The molecule has 6 nitrogen and oxygen atoms in total. The first-order chi connectivity index (χ1) is 17.8. The third-order valence-electron chi connectivity index (χ3n) is 8.27. The summed E-state index contributed by atoms with van der Waals surface area (Å²) in [6.07, 6.45) is 8.49. The van der Waals surface area contributed by atoms with Crippen LogP contribution in [0.15, 0.2) is 6.07 Å². The van der Waals surface area contributed by atoms with Crippen LogP contribution in [0.3, 0.4) is 0 Å². The van der Waals surface area contributed by atoms with Gasteiger partial charge in [0.2, 0.25) is 5.91 Å². The van der Waals surface area contributed by atoms with Gasteiger partial charge in [-0.25, -0.2) is 4.79 Å². The summed E-state index contributed by atoms with van der Waals surface area (Å²) in [7, 11) is 1.39. The fraction of sp³-hybridized carbons (Fsp3) is 0.700. The van der Waals surface area contributed by atoms with E-state index >= 15 is 0 Å². The Morgan fingerprint density at radius 3 is 2.54 bits per heavy atom. The molecule has 0 spiro atoms. The van der Waals surface area contributed by atoms with E-state index in [0.29, 0.717) is 68.6 Å². The molecule has 3 aliphatic rings. The first-order valence-corrected chi connectivity index (χ1v) is 14.7. The van der Waals surface area contributed by atoms with Crippen LogP contribution in [0, 0.1) is 35.0 Å². The van der Waals surface area contributed by atoms with Gasteiger partial charge in [-0.3, -0.25) is 9.59 Å². The van der Waals surface area contributed by atoms with Gasteiger partial charge in [0.15, 0.2) is 0 Å². The highest BCUT2D eigenvalue weighted by Gasteiger charge is 2.35. The first kappa shape index (κ1) is 27.9. The molecule has 0 radical (unpaired) electrons. The normalized spacial score (nSPS) is 23.5. The van der Waals surface area contributed by atoms with Crippen molar-refractivity contribution in [3.8, 4) is 11.8 Å². The SMILES string of the molecule is COC(=O)c1sc(C#CC2(C)CC2)cc1CC(CCC(=O)C1CCC(C)CC1)CC(=O)N1CCOCC1. The van der Waals surface area contributed by atoms with Crippen LogP contribution in [-0.2, 0) is 25.5 Å². The van der Waals surface area contributed by atoms with Gasteiger partial charge in [-0.05, 0) is 68.9 Å². The molecule has 0 bridgehead atoms. The van der Waals surface area contributed by atoms with Crippen LogP contribution in [0.2, 0.25) is 0 Å².